The first-order chi connectivity index (χ1) is 21.4. The lowest BCUT2D eigenvalue weighted by molar-refractivity contribution is 0.262. The average Bonchev–Trinajstić information content (AvgIpc) is 3.39. The second-order valence-corrected chi connectivity index (χ2v) is 9.70. The minimum absolute atomic E-state index is 0.0199. The van der Waals surface area contributed by atoms with Gasteiger partial charge in [-0.3, -0.25) is 5.32 Å². The largest absolute Gasteiger partial charge is 0.504 e. The first kappa shape index (κ1) is 27.8. The molecule has 2 amide bonds. The Morgan fingerprint density at radius 3 is 2.45 bits per heavy atom. The highest BCUT2D eigenvalue weighted by Crippen LogP contribution is 2.35. The first-order valence-corrected chi connectivity index (χ1v) is 13.5. The van der Waals surface area contributed by atoms with E-state index in [1.807, 2.05) is 55.5 Å². The maximum atomic E-state index is 13.1. The molecule has 0 bridgehead atoms. The van der Waals surface area contributed by atoms with E-state index >= 15 is 0 Å². The van der Waals surface area contributed by atoms with Crippen molar-refractivity contribution in [2.24, 2.45) is 0 Å². The van der Waals surface area contributed by atoms with Gasteiger partial charge in [0.25, 0.3) is 0 Å². The van der Waals surface area contributed by atoms with Gasteiger partial charge in [-0.15, -0.1) is 5.10 Å². The molecule has 4 aromatic carbocycles. The Hall–Kier alpha value is -6.30. The summed E-state index contributed by atoms with van der Waals surface area (Å²) >= 11 is 0. The number of phenols is 1. The number of fused-ring (bicyclic) bond motifs is 1. The number of rotatable bonds is 8. The van der Waals surface area contributed by atoms with E-state index in [2.05, 4.69) is 31.0 Å². The zero-order valence-electron chi connectivity index (χ0n) is 23.6. The minimum atomic E-state index is -0.519. The van der Waals surface area contributed by atoms with Crippen molar-refractivity contribution in [1.29, 1.82) is 0 Å². The summed E-state index contributed by atoms with van der Waals surface area (Å²) in [5, 5.41) is 34.2. The number of methoxy groups -OCH3 is 1. The summed E-state index contributed by atoms with van der Waals surface area (Å²) in [5.74, 6) is 1.50. The number of carbonyl (C=O) groups is 1. The van der Waals surface area contributed by atoms with E-state index in [0.717, 1.165) is 16.3 Å². The SMILES string of the molecule is COc1cc(Nc2nccc(Oc3ccc(NC(=O)Nc4cc(O)nn4-c4ccc(C)cc4)c4ccccc34)n2)ccc1O. The van der Waals surface area contributed by atoms with Gasteiger partial charge in [-0.25, -0.2) is 14.5 Å². The van der Waals surface area contributed by atoms with Crippen LogP contribution in [0, 0.1) is 6.92 Å². The molecule has 6 rings (SSSR count). The Morgan fingerprint density at radius 1 is 0.864 bits per heavy atom. The molecule has 0 radical (unpaired) electrons. The summed E-state index contributed by atoms with van der Waals surface area (Å²) < 4.78 is 12.8. The van der Waals surface area contributed by atoms with Crippen LogP contribution in [0.15, 0.2) is 97.2 Å². The fraction of sp³-hybridized carbons (Fsp3) is 0.0625. The molecule has 220 valence electrons. The first-order valence-electron chi connectivity index (χ1n) is 13.5. The van der Waals surface area contributed by atoms with Crippen molar-refractivity contribution in [2.75, 3.05) is 23.1 Å². The van der Waals surface area contributed by atoms with E-state index in [1.165, 1.54) is 23.9 Å². The summed E-state index contributed by atoms with van der Waals surface area (Å²) in [4.78, 5) is 21.8. The molecule has 0 aliphatic rings. The molecule has 0 aliphatic heterocycles. The van der Waals surface area contributed by atoms with E-state index < -0.39 is 6.03 Å². The molecule has 0 fully saturated rings. The summed E-state index contributed by atoms with van der Waals surface area (Å²) in [5.41, 5.74) is 2.92. The van der Waals surface area contributed by atoms with E-state index in [1.54, 1.807) is 36.5 Å². The average molecular weight is 590 g/mol. The lowest BCUT2D eigenvalue weighted by Crippen LogP contribution is -2.21. The van der Waals surface area contributed by atoms with E-state index in [0.29, 0.717) is 40.3 Å². The number of anilines is 4. The maximum absolute atomic E-state index is 13.1. The van der Waals surface area contributed by atoms with Gasteiger partial charge in [0.2, 0.25) is 17.7 Å². The highest BCUT2D eigenvalue weighted by atomic mass is 16.5. The smallest absolute Gasteiger partial charge is 0.324 e. The van der Waals surface area contributed by atoms with Crippen LogP contribution in [0.1, 0.15) is 5.56 Å². The molecule has 5 N–H and O–H groups in total. The predicted molar refractivity (Wildman–Crippen MR) is 167 cm³/mol. The number of hydrogen-bond acceptors (Lipinski definition) is 9. The Labute approximate surface area is 251 Å². The molecule has 2 heterocycles. The van der Waals surface area contributed by atoms with Crippen LogP contribution in [-0.4, -0.2) is 43.1 Å². The fourth-order valence-electron chi connectivity index (χ4n) is 4.54. The second kappa shape index (κ2) is 11.9. The van der Waals surface area contributed by atoms with Gasteiger partial charge in [0.05, 0.1) is 18.5 Å². The molecule has 6 aromatic rings. The third-order valence-electron chi connectivity index (χ3n) is 6.63. The molecule has 0 saturated heterocycles. The van der Waals surface area contributed by atoms with Gasteiger partial charge in [-0.1, -0.05) is 42.0 Å². The zero-order valence-corrected chi connectivity index (χ0v) is 23.6. The molecule has 44 heavy (non-hydrogen) atoms. The third kappa shape index (κ3) is 5.99. The Balaban J connectivity index is 1.20. The topological polar surface area (TPSA) is 156 Å². The molecular weight excluding hydrogens is 562 g/mol. The minimum Gasteiger partial charge on any atom is -0.504 e. The lowest BCUT2D eigenvalue weighted by Gasteiger charge is -2.14. The maximum Gasteiger partial charge on any atom is 0.324 e. The number of benzene rings is 4. The van der Waals surface area contributed by atoms with Gasteiger partial charge in [0, 0.05) is 40.9 Å². The highest BCUT2D eigenvalue weighted by molar-refractivity contribution is 6.07. The van der Waals surface area contributed by atoms with Gasteiger partial charge >= 0.3 is 6.03 Å². The Bertz CT molecular complexity index is 1980. The van der Waals surface area contributed by atoms with Gasteiger partial charge in [-0.2, -0.15) is 4.98 Å². The quantitative estimate of drug-likeness (QED) is 0.122. The number of hydrogen-bond donors (Lipinski definition) is 5. The number of phenolic OH excluding ortho intramolecular Hbond substituents is 1. The molecule has 2 aromatic heterocycles. The van der Waals surface area contributed by atoms with Gasteiger partial charge in [0.1, 0.15) is 11.6 Å². The lowest BCUT2D eigenvalue weighted by atomic mass is 10.1. The number of aromatic nitrogens is 4. The zero-order chi connectivity index (χ0) is 30.6. The van der Waals surface area contributed by atoms with E-state index in [4.69, 9.17) is 9.47 Å². The van der Waals surface area contributed by atoms with Crippen molar-refractivity contribution in [3.05, 3.63) is 103 Å². The van der Waals surface area contributed by atoms with Crippen LogP contribution in [0.5, 0.6) is 29.0 Å². The molecule has 0 aliphatic carbocycles. The van der Waals surface area contributed by atoms with Gasteiger partial charge in [0.15, 0.2) is 11.5 Å². The number of urea groups is 1. The third-order valence-corrected chi connectivity index (χ3v) is 6.63. The van der Waals surface area contributed by atoms with Crippen LogP contribution in [0.4, 0.5) is 27.9 Å². The number of amides is 2. The number of ether oxygens (including phenoxy) is 2. The monoisotopic (exact) mass is 589 g/mol. The van der Waals surface area contributed by atoms with Gasteiger partial charge in [-0.05, 0) is 43.3 Å². The molecule has 0 saturated carbocycles. The van der Waals surface area contributed by atoms with Crippen LogP contribution < -0.4 is 25.4 Å². The summed E-state index contributed by atoms with van der Waals surface area (Å²) in [6.45, 7) is 1.97. The van der Waals surface area contributed by atoms with Crippen LogP contribution >= 0.6 is 0 Å². The van der Waals surface area contributed by atoms with Crippen molar-refractivity contribution < 1.29 is 24.5 Å². The highest BCUT2D eigenvalue weighted by Gasteiger charge is 2.15. The van der Waals surface area contributed by atoms with Crippen molar-refractivity contribution >= 4 is 39.9 Å². The van der Waals surface area contributed by atoms with Crippen molar-refractivity contribution in [2.45, 2.75) is 6.92 Å². The van der Waals surface area contributed by atoms with Crippen LogP contribution in [-0.2, 0) is 0 Å². The van der Waals surface area contributed by atoms with Crippen LogP contribution in [0.3, 0.4) is 0 Å². The molecule has 0 atom stereocenters. The van der Waals surface area contributed by atoms with Crippen molar-refractivity contribution in [3.63, 3.8) is 0 Å². The number of nitrogens with zero attached hydrogens (tertiary/aromatic N) is 4. The summed E-state index contributed by atoms with van der Waals surface area (Å²) in [6.07, 6.45) is 1.56. The number of aryl methyl sites for hydroxylation is 1. The van der Waals surface area contributed by atoms with E-state index in [-0.39, 0.29) is 17.6 Å². The van der Waals surface area contributed by atoms with E-state index in [9.17, 15) is 15.0 Å². The Kier molecular flexibility index (Phi) is 7.53. The van der Waals surface area contributed by atoms with Gasteiger partial charge < -0.3 is 30.3 Å². The normalized spacial score (nSPS) is 10.8. The molecule has 0 unspecified atom stereocenters. The van der Waals surface area contributed by atoms with Crippen molar-refractivity contribution in [1.82, 2.24) is 19.7 Å². The fourth-order valence-corrected chi connectivity index (χ4v) is 4.54. The van der Waals surface area contributed by atoms with Crippen molar-refractivity contribution in [3.8, 4) is 34.7 Å². The molecule has 0 spiro atoms. The number of nitrogens with one attached hydrogen (secondary N) is 3. The predicted octanol–water partition coefficient (Wildman–Crippen LogP) is 6.72. The number of carbonyl (C=O) groups excluding carboxylic acids is 1. The summed E-state index contributed by atoms with van der Waals surface area (Å²) in [7, 11) is 1.47. The Morgan fingerprint density at radius 2 is 1.66 bits per heavy atom. The van der Waals surface area contributed by atoms with Crippen LogP contribution in [0.25, 0.3) is 16.5 Å². The molecule has 12 nitrogen and oxygen atoms in total. The summed E-state index contributed by atoms with van der Waals surface area (Å²) in [6, 6.07) is 25.7. The molecular formula is C32H27N7O5. The number of aromatic hydroxyl groups is 2. The van der Waals surface area contributed by atoms with Crippen LogP contribution in [0.2, 0.25) is 0 Å². The standard InChI is InChI=1S/C32H27N7O5/c1-19-7-10-21(11-8-19)39-28(18-29(41)38-39)36-32(42)35-24-12-14-26(23-6-4-3-5-22(23)24)44-30-15-16-33-31(37-30)34-20-9-13-25(40)27(17-20)43-2/h3-18,40H,1-2H3,(H,38,41)(H,33,34,37)(H2,35,36,42). The molecule has 12 heteroatoms. The second-order valence-electron chi connectivity index (χ2n) is 9.70.